The molecule has 2 rings (SSSR count). The van der Waals surface area contributed by atoms with Gasteiger partial charge in [-0.1, -0.05) is 12.1 Å². The van der Waals surface area contributed by atoms with Crippen molar-refractivity contribution in [3.8, 4) is 0 Å². The number of nitrogens with two attached hydrogens (primary N) is 1. The van der Waals surface area contributed by atoms with Crippen LogP contribution in [0.2, 0.25) is 0 Å². The molecule has 3 N–H and O–H groups in total. The first-order valence-electron chi connectivity index (χ1n) is 7.49. The number of carbonyl (C=O) groups excluding carboxylic acids is 2. The van der Waals surface area contributed by atoms with Gasteiger partial charge in [0, 0.05) is 19.0 Å². The van der Waals surface area contributed by atoms with E-state index >= 15 is 0 Å². The number of benzene rings is 1. The molecule has 0 spiro atoms. The monoisotopic (exact) mass is 307 g/mol. The minimum absolute atomic E-state index is 0.0180. The molecule has 0 unspecified atom stereocenters. The van der Waals surface area contributed by atoms with Crippen LogP contribution in [0.25, 0.3) is 0 Å². The number of rotatable bonds is 5. The zero-order chi connectivity index (χ0) is 16.1. The molecule has 22 heavy (non-hydrogen) atoms. The van der Waals surface area contributed by atoms with Crippen molar-refractivity contribution in [1.29, 1.82) is 0 Å². The van der Waals surface area contributed by atoms with Crippen molar-refractivity contribution in [2.75, 3.05) is 13.1 Å². The molecule has 0 aliphatic carbocycles. The fourth-order valence-corrected chi connectivity index (χ4v) is 3.09. The van der Waals surface area contributed by atoms with Crippen molar-refractivity contribution in [2.24, 2.45) is 5.73 Å². The zero-order valence-corrected chi connectivity index (χ0v) is 12.7. The minimum atomic E-state index is -0.382. The number of nitrogens with zero attached hydrogens (tertiary/aromatic N) is 1. The molecule has 1 aliphatic rings. The number of piperidine rings is 1. The molecular formula is C16H22FN3O2. The van der Waals surface area contributed by atoms with Crippen LogP contribution in [-0.4, -0.2) is 41.9 Å². The van der Waals surface area contributed by atoms with Gasteiger partial charge in [-0.3, -0.25) is 14.5 Å². The van der Waals surface area contributed by atoms with E-state index < -0.39 is 0 Å². The van der Waals surface area contributed by atoms with Crippen molar-refractivity contribution < 1.29 is 14.0 Å². The molecule has 1 aliphatic heterocycles. The second kappa shape index (κ2) is 7.35. The summed E-state index contributed by atoms with van der Waals surface area (Å²) in [5, 5.41) is 2.96. The fourth-order valence-electron chi connectivity index (χ4n) is 3.09. The van der Waals surface area contributed by atoms with E-state index in [4.69, 9.17) is 5.73 Å². The Morgan fingerprint density at radius 1 is 1.36 bits per heavy atom. The zero-order valence-electron chi connectivity index (χ0n) is 12.7. The summed E-state index contributed by atoms with van der Waals surface area (Å²) < 4.78 is 13.0. The van der Waals surface area contributed by atoms with E-state index in [0.717, 1.165) is 24.9 Å². The average molecular weight is 307 g/mol. The van der Waals surface area contributed by atoms with Gasteiger partial charge in [0.05, 0.1) is 6.54 Å². The number of amides is 2. The third kappa shape index (κ3) is 4.53. The van der Waals surface area contributed by atoms with Crippen molar-refractivity contribution in [3.05, 3.63) is 35.6 Å². The average Bonchev–Trinajstić information content (AvgIpc) is 2.43. The van der Waals surface area contributed by atoms with Crippen LogP contribution in [0.5, 0.6) is 0 Å². The molecule has 1 aromatic rings. The summed E-state index contributed by atoms with van der Waals surface area (Å²) in [6.07, 6.45) is 2.40. The Morgan fingerprint density at radius 3 is 2.64 bits per heavy atom. The van der Waals surface area contributed by atoms with Gasteiger partial charge in [-0.15, -0.1) is 0 Å². The number of nitrogens with one attached hydrogen (secondary N) is 1. The summed E-state index contributed by atoms with van der Waals surface area (Å²) in [5.41, 5.74) is 6.30. The van der Waals surface area contributed by atoms with Crippen LogP contribution in [0.15, 0.2) is 24.3 Å². The van der Waals surface area contributed by atoms with Crippen LogP contribution >= 0.6 is 0 Å². The molecule has 0 aromatic heterocycles. The normalized spacial score (nSPS) is 22.3. The number of hydrogen-bond acceptors (Lipinski definition) is 3. The molecule has 1 saturated heterocycles. The Balaban J connectivity index is 2.17. The predicted molar refractivity (Wildman–Crippen MR) is 81.5 cm³/mol. The Bertz CT molecular complexity index is 509. The van der Waals surface area contributed by atoms with Crippen molar-refractivity contribution >= 4 is 11.8 Å². The Morgan fingerprint density at radius 2 is 2.05 bits per heavy atom. The quantitative estimate of drug-likeness (QED) is 0.846. The maximum absolute atomic E-state index is 13.0. The SMILES string of the molecule is CC(=O)N[C@H]1CCCN(CC(N)=O)[C@H]1Cc1ccc(F)cc1. The third-order valence-electron chi connectivity index (χ3n) is 4.00. The molecule has 0 saturated carbocycles. The van der Waals surface area contributed by atoms with E-state index in [-0.39, 0.29) is 36.3 Å². The van der Waals surface area contributed by atoms with E-state index in [2.05, 4.69) is 5.32 Å². The van der Waals surface area contributed by atoms with E-state index in [0.29, 0.717) is 6.42 Å². The Labute approximate surface area is 129 Å². The third-order valence-corrected chi connectivity index (χ3v) is 4.00. The van der Waals surface area contributed by atoms with Gasteiger partial charge in [0.2, 0.25) is 11.8 Å². The number of likely N-dealkylation sites (tertiary alicyclic amines) is 1. The summed E-state index contributed by atoms with van der Waals surface area (Å²) in [6, 6.07) is 6.26. The van der Waals surface area contributed by atoms with Crippen LogP contribution in [-0.2, 0) is 16.0 Å². The lowest BCUT2D eigenvalue weighted by atomic mass is 9.90. The first kappa shape index (κ1) is 16.4. The Hall–Kier alpha value is -1.95. The maximum Gasteiger partial charge on any atom is 0.231 e. The summed E-state index contributed by atoms with van der Waals surface area (Å²) in [6.45, 7) is 2.43. The molecule has 5 nitrogen and oxygen atoms in total. The second-order valence-electron chi connectivity index (χ2n) is 5.78. The number of halogens is 1. The minimum Gasteiger partial charge on any atom is -0.369 e. The molecule has 1 aromatic carbocycles. The van der Waals surface area contributed by atoms with Crippen LogP contribution in [0, 0.1) is 5.82 Å². The summed E-state index contributed by atoms with van der Waals surface area (Å²) in [7, 11) is 0. The van der Waals surface area contributed by atoms with Crippen LogP contribution in [0.3, 0.4) is 0 Å². The highest BCUT2D eigenvalue weighted by Crippen LogP contribution is 2.21. The van der Waals surface area contributed by atoms with Crippen molar-refractivity contribution in [1.82, 2.24) is 10.2 Å². The fraction of sp³-hybridized carbons (Fsp3) is 0.500. The highest BCUT2D eigenvalue weighted by atomic mass is 19.1. The highest BCUT2D eigenvalue weighted by molar-refractivity contribution is 5.76. The first-order valence-corrected chi connectivity index (χ1v) is 7.49. The topological polar surface area (TPSA) is 75.4 Å². The molecule has 2 amide bonds. The molecule has 0 bridgehead atoms. The van der Waals surface area contributed by atoms with Crippen LogP contribution in [0.4, 0.5) is 4.39 Å². The molecule has 6 heteroatoms. The van der Waals surface area contributed by atoms with E-state index in [1.54, 1.807) is 12.1 Å². The Kier molecular flexibility index (Phi) is 5.49. The van der Waals surface area contributed by atoms with Gasteiger partial charge >= 0.3 is 0 Å². The maximum atomic E-state index is 13.0. The van der Waals surface area contributed by atoms with Gasteiger partial charge in [0.1, 0.15) is 5.82 Å². The van der Waals surface area contributed by atoms with Crippen molar-refractivity contribution in [3.63, 3.8) is 0 Å². The first-order chi connectivity index (χ1) is 10.5. The standard InChI is InChI=1S/C16H22FN3O2/c1-11(21)19-14-3-2-8-20(10-16(18)22)15(14)9-12-4-6-13(17)7-5-12/h4-7,14-15H,2-3,8-10H2,1H3,(H2,18,22)(H,19,21)/t14-,15-/m0/s1. The number of hydrogen-bond donors (Lipinski definition) is 2. The van der Waals surface area contributed by atoms with Gasteiger partial charge in [-0.05, 0) is 43.5 Å². The summed E-state index contributed by atoms with van der Waals surface area (Å²) in [5.74, 6) is -0.748. The van der Waals surface area contributed by atoms with Gasteiger partial charge in [-0.2, -0.15) is 0 Å². The van der Waals surface area contributed by atoms with Gasteiger partial charge < -0.3 is 11.1 Å². The molecule has 0 radical (unpaired) electrons. The highest BCUT2D eigenvalue weighted by Gasteiger charge is 2.32. The summed E-state index contributed by atoms with van der Waals surface area (Å²) in [4.78, 5) is 24.7. The predicted octanol–water partition coefficient (Wildman–Crippen LogP) is 0.823. The smallest absolute Gasteiger partial charge is 0.231 e. The molecule has 1 fully saturated rings. The van der Waals surface area contributed by atoms with E-state index in [9.17, 15) is 14.0 Å². The van der Waals surface area contributed by atoms with Crippen LogP contribution < -0.4 is 11.1 Å². The lowest BCUT2D eigenvalue weighted by Gasteiger charge is -2.41. The molecule has 120 valence electrons. The molecule has 2 atom stereocenters. The van der Waals surface area contributed by atoms with E-state index in [1.165, 1.54) is 19.1 Å². The molecule has 1 heterocycles. The van der Waals surface area contributed by atoms with Crippen molar-refractivity contribution in [2.45, 2.75) is 38.3 Å². The van der Waals surface area contributed by atoms with Gasteiger partial charge in [-0.25, -0.2) is 4.39 Å². The largest absolute Gasteiger partial charge is 0.369 e. The lowest BCUT2D eigenvalue weighted by molar-refractivity contribution is -0.121. The number of carbonyl (C=O) groups is 2. The van der Waals surface area contributed by atoms with Crippen LogP contribution in [0.1, 0.15) is 25.3 Å². The van der Waals surface area contributed by atoms with Gasteiger partial charge in [0.25, 0.3) is 0 Å². The second-order valence-corrected chi connectivity index (χ2v) is 5.78. The van der Waals surface area contributed by atoms with E-state index in [1.807, 2.05) is 4.90 Å². The number of primary amides is 1. The summed E-state index contributed by atoms with van der Waals surface area (Å²) >= 11 is 0. The lowest BCUT2D eigenvalue weighted by Crippen LogP contribution is -2.57. The molecular weight excluding hydrogens is 285 g/mol. The van der Waals surface area contributed by atoms with Gasteiger partial charge in [0.15, 0.2) is 0 Å².